The van der Waals surface area contributed by atoms with Crippen LogP contribution in [0.1, 0.15) is 43.6 Å². The molecule has 3 N–H and O–H groups in total. The van der Waals surface area contributed by atoms with Gasteiger partial charge in [-0.1, -0.05) is 12.8 Å². The van der Waals surface area contributed by atoms with Gasteiger partial charge in [0, 0.05) is 17.0 Å². The number of aliphatic hydroxyl groups is 1. The van der Waals surface area contributed by atoms with E-state index in [1.54, 1.807) is 11.8 Å². The van der Waals surface area contributed by atoms with Crippen LogP contribution >= 0.6 is 11.3 Å². The minimum absolute atomic E-state index is 0.0364. The number of rotatable bonds is 6. The number of anilines is 1. The predicted octanol–water partition coefficient (Wildman–Crippen LogP) is 1.94. The van der Waals surface area contributed by atoms with Crippen molar-refractivity contribution >= 4 is 27.9 Å². The monoisotopic (exact) mass is 313 g/mol. The lowest BCUT2D eigenvalue weighted by molar-refractivity contribution is -0.383. The highest BCUT2D eigenvalue weighted by molar-refractivity contribution is 7.16. The van der Waals surface area contributed by atoms with Crippen LogP contribution in [-0.2, 0) is 4.79 Å². The van der Waals surface area contributed by atoms with Crippen molar-refractivity contribution in [1.82, 2.24) is 0 Å². The molecule has 1 saturated carbocycles. The van der Waals surface area contributed by atoms with E-state index in [0.717, 1.165) is 37.0 Å². The van der Waals surface area contributed by atoms with Crippen LogP contribution < -0.4 is 10.6 Å². The van der Waals surface area contributed by atoms with Crippen LogP contribution in [0.3, 0.4) is 0 Å². The number of nitrogens with two attached hydrogens (primary N) is 1. The van der Waals surface area contributed by atoms with Gasteiger partial charge in [-0.25, -0.2) is 0 Å². The summed E-state index contributed by atoms with van der Waals surface area (Å²) in [6.45, 7) is 1.53. The molecule has 1 atom stereocenters. The van der Waals surface area contributed by atoms with Crippen LogP contribution in [0.4, 0.5) is 10.7 Å². The van der Waals surface area contributed by atoms with Gasteiger partial charge in [-0.15, -0.1) is 11.3 Å². The van der Waals surface area contributed by atoms with Crippen molar-refractivity contribution < 1.29 is 14.8 Å². The summed E-state index contributed by atoms with van der Waals surface area (Å²) < 4.78 is 0. The SMILES string of the molecule is CC(O)c1cc([N+](=O)[O-])c(N(CC(N)=O)C2CCCC2)s1. The molecule has 0 radical (unpaired) electrons. The summed E-state index contributed by atoms with van der Waals surface area (Å²) >= 11 is 1.16. The maximum Gasteiger partial charge on any atom is 0.304 e. The van der Waals surface area contributed by atoms with Crippen molar-refractivity contribution in [1.29, 1.82) is 0 Å². The fourth-order valence-corrected chi connectivity index (χ4v) is 3.82. The first-order valence-corrected chi connectivity index (χ1v) is 7.73. The van der Waals surface area contributed by atoms with Crippen molar-refractivity contribution in [3.63, 3.8) is 0 Å². The lowest BCUT2D eigenvalue weighted by atomic mass is 10.2. The van der Waals surface area contributed by atoms with Crippen molar-refractivity contribution in [2.24, 2.45) is 5.73 Å². The van der Waals surface area contributed by atoms with E-state index in [9.17, 15) is 20.0 Å². The zero-order valence-electron chi connectivity index (χ0n) is 11.8. The summed E-state index contributed by atoms with van der Waals surface area (Å²) in [4.78, 5) is 24.4. The Kier molecular flexibility index (Phi) is 4.79. The molecule has 1 aliphatic carbocycles. The third kappa shape index (κ3) is 3.51. The number of aliphatic hydroxyl groups excluding tert-OH is 1. The molecule has 1 aromatic rings. The molecule has 8 heteroatoms. The molecule has 116 valence electrons. The van der Waals surface area contributed by atoms with Gasteiger partial charge < -0.3 is 15.7 Å². The van der Waals surface area contributed by atoms with Gasteiger partial charge in [0.1, 0.15) is 0 Å². The molecule has 0 saturated heterocycles. The first-order valence-electron chi connectivity index (χ1n) is 6.91. The molecule has 1 fully saturated rings. The molecule has 0 spiro atoms. The Morgan fingerprint density at radius 2 is 2.24 bits per heavy atom. The van der Waals surface area contributed by atoms with Gasteiger partial charge in [0.2, 0.25) is 5.91 Å². The summed E-state index contributed by atoms with van der Waals surface area (Å²) in [5.74, 6) is -0.511. The van der Waals surface area contributed by atoms with Crippen LogP contribution in [-0.4, -0.2) is 28.5 Å². The minimum Gasteiger partial charge on any atom is -0.388 e. The fourth-order valence-electron chi connectivity index (χ4n) is 2.68. The Hall–Kier alpha value is -1.67. The third-order valence-electron chi connectivity index (χ3n) is 3.67. The lowest BCUT2D eigenvalue weighted by Gasteiger charge is -2.27. The number of carbonyl (C=O) groups excluding carboxylic acids is 1. The quantitative estimate of drug-likeness (QED) is 0.616. The highest BCUT2D eigenvalue weighted by Gasteiger charge is 2.32. The van der Waals surface area contributed by atoms with E-state index in [0.29, 0.717) is 9.88 Å². The largest absolute Gasteiger partial charge is 0.388 e. The Balaban J connectivity index is 2.41. The number of nitro groups is 1. The number of hydrogen-bond donors (Lipinski definition) is 2. The molecule has 1 amide bonds. The van der Waals surface area contributed by atoms with E-state index in [2.05, 4.69) is 0 Å². The Morgan fingerprint density at radius 1 is 1.62 bits per heavy atom. The van der Waals surface area contributed by atoms with E-state index < -0.39 is 16.9 Å². The Labute approximate surface area is 126 Å². The highest BCUT2D eigenvalue weighted by Crippen LogP contribution is 2.42. The van der Waals surface area contributed by atoms with Gasteiger partial charge in [0.15, 0.2) is 5.00 Å². The van der Waals surface area contributed by atoms with Gasteiger partial charge in [-0.05, 0) is 19.8 Å². The Morgan fingerprint density at radius 3 is 2.71 bits per heavy atom. The van der Waals surface area contributed by atoms with Gasteiger partial charge >= 0.3 is 5.69 Å². The molecule has 1 unspecified atom stereocenters. The van der Waals surface area contributed by atoms with Crippen molar-refractivity contribution in [2.75, 3.05) is 11.4 Å². The molecule has 1 heterocycles. The third-order valence-corrected chi connectivity index (χ3v) is 5.01. The van der Waals surface area contributed by atoms with Gasteiger partial charge in [0.05, 0.1) is 17.6 Å². The average molecular weight is 313 g/mol. The second-order valence-corrected chi connectivity index (χ2v) is 6.37. The standard InChI is InChI=1S/C13H19N3O4S/c1-8(17)11-6-10(16(19)20)13(21-11)15(7-12(14)18)9-4-2-3-5-9/h6,8-9,17H,2-5,7H2,1H3,(H2,14,18). The molecular weight excluding hydrogens is 294 g/mol. The molecule has 0 aliphatic heterocycles. The number of carbonyl (C=O) groups is 1. The highest BCUT2D eigenvalue weighted by atomic mass is 32.1. The first kappa shape index (κ1) is 15.7. The summed E-state index contributed by atoms with van der Waals surface area (Å²) in [5.41, 5.74) is 5.23. The van der Waals surface area contributed by atoms with E-state index >= 15 is 0 Å². The summed E-state index contributed by atoms with van der Waals surface area (Å²) in [7, 11) is 0. The zero-order valence-corrected chi connectivity index (χ0v) is 12.6. The summed E-state index contributed by atoms with van der Waals surface area (Å²) in [6.07, 6.45) is 3.10. The number of nitrogens with zero attached hydrogens (tertiary/aromatic N) is 2. The number of hydrogen-bond acceptors (Lipinski definition) is 6. The van der Waals surface area contributed by atoms with E-state index in [1.165, 1.54) is 6.07 Å². The molecule has 2 rings (SSSR count). The first-order chi connectivity index (χ1) is 9.90. The molecule has 21 heavy (non-hydrogen) atoms. The van der Waals surface area contributed by atoms with Crippen LogP contribution in [0.5, 0.6) is 0 Å². The van der Waals surface area contributed by atoms with Crippen LogP contribution in [0, 0.1) is 10.1 Å². The van der Waals surface area contributed by atoms with E-state index in [4.69, 9.17) is 5.73 Å². The molecule has 1 aromatic heterocycles. The summed E-state index contributed by atoms with van der Waals surface area (Å²) in [6, 6.07) is 1.48. The van der Waals surface area contributed by atoms with Crippen molar-refractivity contribution in [3.8, 4) is 0 Å². The normalized spacial score (nSPS) is 16.9. The maximum absolute atomic E-state index is 11.3. The molecular formula is C13H19N3O4S. The predicted molar refractivity (Wildman–Crippen MR) is 80.4 cm³/mol. The van der Waals surface area contributed by atoms with Crippen LogP contribution in [0.25, 0.3) is 0 Å². The maximum atomic E-state index is 11.3. The average Bonchev–Trinajstić information content (AvgIpc) is 3.05. The minimum atomic E-state index is -0.776. The van der Waals surface area contributed by atoms with Crippen LogP contribution in [0.15, 0.2) is 6.07 Å². The molecule has 0 bridgehead atoms. The second-order valence-electron chi connectivity index (χ2n) is 5.30. The van der Waals surface area contributed by atoms with Gasteiger partial charge in [-0.2, -0.15) is 0 Å². The van der Waals surface area contributed by atoms with Gasteiger partial charge in [0.25, 0.3) is 0 Å². The van der Waals surface area contributed by atoms with E-state index in [1.807, 2.05) is 0 Å². The number of thiophene rings is 1. The number of amides is 1. The van der Waals surface area contributed by atoms with Crippen molar-refractivity contribution in [2.45, 2.75) is 44.8 Å². The molecule has 7 nitrogen and oxygen atoms in total. The Bertz CT molecular complexity index is 538. The second kappa shape index (κ2) is 6.40. The van der Waals surface area contributed by atoms with Gasteiger partial charge in [-0.3, -0.25) is 14.9 Å². The topological polar surface area (TPSA) is 110 Å². The smallest absolute Gasteiger partial charge is 0.304 e. The number of primary amides is 1. The molecule has 1 aliphatic rings. The molecule has 0 aromatic carbocycles. The summed E-state index contributed by atoms with van der Waals surface area (Å²) in [5, 5.41) is 21.3. The fraction of sp³-hybridized carbons (Fsp3) is 0.615. The lowest BCUT2D eigenvalue weighted by Crippen LogP contribution is -2.40. The zero-order chi connectivity index (χ0) is 15.6. The van der Waals surface area contributed by atoms with Crippen molar-refractivity contribution in [3.05, 3.63) is 21.1 Å². The van der Waals surface area contributed by atoms with E-state index in [-0.39, 0.29) is 18.3 Å². The van der Waals surface area contributed by atoms with Crippen LogP contribution in [0.2, 0.25) is 0 Å².